The van der Waals surface area contributed by atoms with E-state index in [0.717, 1.165) is 6.42 Å². The van der Waals surface area contributed by atoms with Crippen molar-refractivity contribution in [2.45, 2.75) is 58.3 Å². The van der Waals surface area contributed by atoms with Crippen LogP contribution in [-0.2, 0) is 9.09 Å². The molecule has 0 aromatic rings. The Bertz CT molecular complexity index is 112. The van der Waals surface area contributed by atoms with Crippen molar-refractivity contribution >= 4 is 38.2 Å². The Kier molecular flexibility index (Phi) is 20.6. The molecule has 0 aromatic heterocycles. The van der Waals surface area contributed by atoms with Crippen molar-refractivity contribution in [3.05, 3.63) is 0 Å². The maximum absolute atomic E-state index is 9.89. The molecular weight excluding hydrogens is 206 g/mol. The molecule has 0 unspecified atom stereocenters. The molecule has 0 saturated heterocycles. The van der Waals surface area contributed by atoms with Gasteiger partial charge in [-0.05, 0) is 6.42 Å². The molecule has 4 heteroatoms. The average molecular weight is 228 g/mol. The zero-order chi connectivity index (χ0) is 9.78. The Morgan fingerprint density at radius 2 is 1.43 bits per heavy atom. The summed E-state index contributed by atoms with van der Waals surface area (Å²) in [5, 5.41) is 0. The van der Waals surface area contributed by atoms with Crippen LogP contribution in [-0.4, -0.2) is 36.2 Å². The first kappa shape index (κ1) is 17.5. The van der Waals surface area contributed by atoms with Crippen LogP contribution in [0.4, 0.5) is 0 Å². The molecule has 0 spiro atoms. The topological polar surface area (TPSA) is 26.3 Å². The maximum atomic E-state index is 9.89. The fourth-order valence-electron chi connectivity index (χ4n) is 1.34. The zero-order valence-electron chi connectivity index (χ0n) is 8.63. The van der Waals surface area contributed by atoms with Crippen LogP contribution in [0.3, 0.4) is 0 Å². The van der Waals surface area contributed by atoms with Crippen molar-refractivity contribution in [2.24, 2.45) is 0 Å². The second-order valence-electron chi connectivity index (χ2n) is 3.38. The van der Waals surface area contributed by atoms with Gasteiger partial charge in [-0.2, -0.15) is 0 Å². The normalized spacial score (nSPS) is 10.1. The summed E-state index contributed by atoms with van der Waals surface area (Å²) in [5.74, 6) is 0. The predicted molar refractivity (Wildman–Crippen MR) is 63.3 cm³/mol. The number of hydrogen-bond acceptors (Lipinski definition) is 2. The monoisotopic (exact) mass is 228 g/mol. The van der Waals surface area contributed by atoms with Crippen molar-refractivity contribution < 1.29 is 9.09 Å². The molecular formula is C10H22NaO2P. The number of unbranched alkanes of at least 4 members (excludes halogenated alkanes) is 7. The summed E-state index contributed by atoms with van der Waals surface area (Å²) in [7, 11) is -0.177. The Labute approximate surface area is 112 Å². The molecule has 0 radical (unpaired) electrons. The van der Waals surface area contributed by atoms with Crippen molar-refractivity contribution in [1.82, 2.24) is 0 Å². The van der Waals surface area contributed by atoms with Crippen LogP contribution in [0.1, 0.15) is 58.3 Å². The molecule has 0 heterocycles. The summed E-state index contributed by atoms with van der Waals surface area (Å²) in [6, 6.07) is 0. The Morgan fingerprint density at radius 3 is 1.93 bits per heavy atom. The SMILES string of the molecule is CCCCCCCCCCOP=O.[NaH]. The first-order valence-electron chi connectivity index (χ1n) is 5.36. The van der Waals surface area contributed by atoms with E-state index in [-0.39, 0.29) is 38.2 Å². The average Bonchev–Trinajstić information content (AvgIpc) is 2.16. The van der Waals surface area contributed by atoms with Gasteiger partial charge in [0, 0.05) is 0 Å². The summed E-state index contributed by atoms with van der Waals surface area (Å²) >= 11 is 0. The molecule has 0 saturated carbocycles. The first-order valence-corrected chi connectivity index (χ1v) is 6.09. The second-order valence-corrected chi connectivity index (χ2v) is 3.79. The van der Waals surface area contributed by atoms with Gasteiger partial charge in [0.05, 0.1) is 6.61 Å². The van der Waals surface area contributed by atoms with E-state index in [9.17, 15) is 4.57 Å². The molecule has 14 heavy (non-hydrogen) atoms. The van der Waals surface area contributed by atoms with Gasteiger partial charge in [-0.1, -0.05) is 51.9 Å². The van der Waals surface area contributed by atoms with E-state index in [0.29, 0.717) is 6.61 Å². The molecule has 80 valence electrons. The zero-order valence-corrected chi connectivity index (χ0v) is 9.52. The molecule has 0 aliphatic carbocycles. The van der Waals surface area contributed by atoms with Crippen LogP contribution >= 0.6 is 8.69 Å². The van der Waals surface area contributed by atoms with Gasteiger partial charge in [0.15, 0.2) is 0 Å². The van der Waals surface area contributed by atoms with Gasteiger partial charge in [-0.3, -0.25) is 4.52 Å². The summed E-state index contributed by atoms with van der Waals surface area (Å²) < 4.78 is 14.6. The summed E-state index contributed by atoms with van der Waals surface area (Å²) in [4.78, 5) is 0. The molecule has 0 fully saturated rings. The standard InChI is InChI=1S/C10H21O2P.Na.H/c1-2-3-4-5-6-7-8-9-10-12-13-11;;/h2-10H2,1H3;;. The summed E-state index contributed by atoms with van der Waals surface area (Å²) in [5.41, 5.74) is 0. The minimum absolute atomic E-state index is 0. The van der Waals surface area contributed by atoms with E-state index in [1.807, 2.05) is 0 Å². The second kappa shape index (κ2) is 16.5. The van der Waals surface area contributed by atoms with Gasteiger partial charge < -0.3 is 0 Å². The molecule has 0 aliphatic heterocycles. The van der Waals surface area contributed by atoms with Gasteiger partial charge in [0.1, 0.15) is 0 Å². The number of rotatable bonds is 10. The minimum atomic E-state index is -0.177. The van der Waals surface area contributed by atoms with Crippen molar-refractivity contribution in [3.63, 3.8) is 0 Å². The molecule has 0 N–H and O–H groups in total. The van der Waals surface area contributed by atoms with Crippen LogP contribution < -0.4 is 0 Å². The third-order valence-corrected chi connectivity index (χ3v) is 2.43. The van der Waals surface area contributed by atoms with Crippen molar-refractivity contribution in [1.29, 1.82) is 0 Å². The molecule has 0 rings (SSSR count). The summed E-state index contributed by atoms with van der Waals surface area (Å²) in [6.07, 6.45) is 10.3. The van der Waals surface area contributed by atoms with Crippen LogP contribution in [0.2, 0.25) is 0 Å². The molecule has 0 atom stereocenters. The van der Waals surface area contributed by atoms with E-state index in [1.54, 1.807) is 0 Å². The van der Waals surface area contributed by atoms with Crippen LogP contribution in [0.15, 0.2) is 0 Å². The van der Waals surface area contributed by atoms with E-state index < -0.39 is 0 Å². The van der Waals surface area contributed by atoms with Crippen molar-refractivity contribution in [2.75, 3.05) is 6.61 Å². The molecule has 0 bridgehead atoms. The molecule has 0 aromatic carbocycles. The third-order valence-electron chi connectivity index (χ3n) is 2.14. The fraction of sp³-hybridized carbons (Fsp3) is 1.00. The van der Waals surface area contributed by atoms with Gasteiger partial charge in [0.2, 0.25) is 0 Å². The number of hydrogen-bond donors (Lipinski definition) is 0. The third kappa shape index (κ3) is 15.5. The van der Waals surface area contributed by atoms with Gasteiger partial charge >= 0.3 is 38.2 Å². The Hall–Kier alpha value is 1.06. The summed E-state index contributed by atoms with van der Waals surface area (Å²) in [6.45, 7) is 2.87. The molecule has 2 nitrogen and oxygen atoms in total. The van der Waals surface area contributed by atoms with E-state index in [2.05, 4.69) is 6.92 Å². The van der Waals surface area contributed by atoms with Crippen LogP contribution in [0.25, 0.3) is 0 Å². The van der Waals surface area contributed by atoms with E-state index in [4.69, 9.17) is 4.52 Å². The van der Waals surface area contributed by atoms with Gasteiger partial charge in [0.25, 0.3) is 0 Å². The van der Waals surface area contributed by atoms with E-state index >= 15 is 0 Å². The predicted octanol–water partition coefficient (Wildman–Crippen LogP) is 3.70. The van der Waals surface area contributed by atoms with Gasteiger partial charge in [-0.25, -0.2) is 4.57 Å². The van der Waals surface area contributed by atoms with E-state index in [1.165, 1.54) is 44.9 Å². The van der Waals surface area contributed by atoms with Crippen LogP contribution in [0.5, 0.6) is 0 Å². The molecule has 0 aliphatic rings. The first-order chi connectivity index (χ1) is 6.41. The Morgan fingerprint density at radius 1 is 0.929 bits per heavy atom. The van der Waals surface area contributed by atoms with Crippen molar-refractivity contribution in [3.8, 4) is 0 Å². The Balaban J connectivity index is 0. The fourth-order valence-corrected chi connectivity index (χ4v) is 1.54. The van der Waals surface area contributed by atoms with Gasteiger partial charge in [-0.15, -0.1) is 0 Å². The quantitative estimate of drug-likeness (QED) is 0.324. The van der Waals surface area contributed by atoms with Crippen LogP contribution in [0, 0.1) is 0 Å². The molecule has 0 amide bonds.